The van der Waals surface area contributed by atoms with Crippen LogP contribution in [0.5, 0.6) is 0 Å². The van der Waals surface area contributed by atoms with E-state index < -0.39 is 29.6 Å². The largest absolute Gasteiger partial charge is 0.462 e. The molecule has 2 fully saturated rings. The number of hydrogen-bond donors (Lipinski definition) is 3. The Morgan fingerprint density at radius 1 is 1.05 bits per heavy atom. The van der Waals surface area contributed by atoms with Gasteiger partial charge < -0.3 is 30.1 Å². The standard InChI is InChI=1S/C31H43N3O7/c1-3-11-24(19-27(36)34-18-10-15-25(34)20-35)28(37)33-31(16-8-9-17-31)22-41-29(38)26(12-4-2)32-30(39)40-21-23-13-6-5-7-14-23/h3-7,13-14,24-26,35H,1-2,8-12,15-22H2,(H,32,39)(H,33,37). The van der Waals surface area contributed by atoms with E-state index in [4.69, 9.17) is 9.47 Å². The van der Waals surface area contributed by atoms with Crippen molar-refractivity contribution in [1.82, 2.24) is 15.5 Å². The number of benzene rings is 1. The first kappa shape index (κ1) is 31.9. The summed E-state index contributed by atoms with van der Waals surface area (Å²) >= 11 is 0. The molecule has 0 bridgehead atoms. The number of aliphatic hydroxyl groups is 1. The summed E-state index contributed by atoms with van der Waals surface area (Å²) in [5.74, 6) is -1.72. The molecule has 3 N–H and O–H groups in total. The van der Waals surface area contributed by atoms with Gasteiger partial charge in [0.15, 0.2) is 0 Å². The Labute approximate surface area is 242 Å². The number of rotatable bonds is 15. The van der Waals surface area contributed by atoms with Crippen LogP contribution in [0.15, 0.2) is 55.6 Å². The molecule has 0 aromatic heterocycles. The number of allylic oxidation sites excluding steroid dienone is 1. The van der Waals surface area contributed by atoms with Crippen molar-refractivity contribution >= 4 is 23.9 Å². The lowest BCUT2D eigenvalue weighted by Gasteiger charge is -2.32. The topological polar surface area (TPSA) is 134 Å². The van der Waals surface area contributed by atoms with Crippen molar-refractivity contribution < 1.29 is 33.8 Å². The highest BCUT2D eigenvalue weighted by Gasteiger charge is 2.40. The monoisotopic (exact) mass is 569 g/mol. The predicted octanol–water partition coefficient (Wildman–Crippen LogP) is 3.40. The Bertz CT molecular complexity index is 1060. The van der Waals surface area contributed by atoms with E-state index in [0.717, 1.165) is 31.2 Å². The van der Waals surface area contributed by atoms with E-state index in [1.165, 1.54) is 6.08 Å². The fourth-order valence-electron chi connectivity index (χ4n) is 5.48. The van der Waals surface area contributed by atoms with E-state index in [2.05, 4.69) is 23.8 Å². The fourth-order valence-corrected chi connectivity index (χ4v) is 5.48. The van der Waals surface area contributed by atoms with Crippen LogP contribution in [-0.4, -0.2) is 71.3 Å². The molecule has 1 heterocycles. The van der Waals surface area contributed by atoms with E-state index in [1.54, 1.807) is 11.0 Å². The second-order valence-corrected chi connectivity index (χ2v) is 10.9. The minimum atomic E-state index is -0.990. The van der Waals surface area contributed by atoms with Crippen molar-refractivity contribution in [2.24, 2.45) is 5.92 Å². The van der Waals surface area contributed by atoms with Gasteiger partial charge in [-0.15, -0.1) is 13.2 Å². The third-order valence-electron chi connectivity index (χ3n) is 7.78. The van der Waals surface area contributed by atoms with Crippen molar-refractivity contribution in [1.29, 1.82) is 0 Å². The van der Waals surface area contributed by atoms with Gasteiger partial charge in [-0.3, -0.25) is 9.59 Å². The molecule has 1 aromatic carbocycles. The van der Waals surface area contributed by atoms with Crippen LogP contribution >= 0.6 is 0 Å². The fraction of sp³-hybridized carbons (Fsp3) is 0.548. The molecule has 3 atom stereocenters. The quantitative estimate of drug-likeness (QED) is 0.218. The van der Waals surface area contributed by atoms with Crippen molar-refractivity contribution in [3.8, 4) is 0 Å². The van der Waals surface area contributed by atoms with E-state index in [9.17, 15) is 24.3 Å². The number of carbonyl (C=O) groups excluding carboxylic acids is 4. The molecule has 3 unspecified atom stereocenters. The zero-order valence-electron chi connectivity index (χ0n) is 23.7. The maximum absolute atomic E-state index is 13.4. The number of nitrogens with one attached hydrogen (secondary N) is 2. The van der Waals surface area contributed by atoms with Crippen molar-refractivity contribution in [3.63, 3.8) is 0 Å². The van der Waals surface area contributed by atoms with Gasteiger partial charge >= 0.3 is 12.1 Å². The number of nitrogens with zero attached hydrogens (tertiary/aromatic N) is 1. The van der Waals surface area contributed by atoms with Gasteiger partial charge in [0.05, 0.1) is 24.1 Å². The Kier molecular flexibility index (Phi) is 12.4. The SMILES string of the molecule is C=CCC(CC(=O)N1CCCC1CO)C(=O)NC1(COC(=O)C(CC=C)NC(=O)OCc2ccccc2)CCCC1. The number of amides is 3. The smallest absolute Gasteiger partial charge is 0.408 e. The highest BCUT2D eigenvalue weighted by Crippen LogP contribution is 2.31. The van der Waals surface area contributed by atoms with E-state index in [-0.39, 0.29) is 50.5 Å². The summed E-state index contributed by atoms with van der Waals surface area (Å²) in [6.07, 6.45) is 7.40. The normalized spacial score (nSPS) is 19.0. The van der Waals surface area contributed by atoms with Crippen LogP contribution in [0.1, 0.15) is 63.4 Å². The zero-order valence-corrected chi connectivity index (χ0v) is 23.7. The van der Waals surface area contributed by atoms with Gasteiger partial charge in [-0.05, 0) is 44.1 Å². The predicted molar refractivity (Wildman–Crippen MR) is 153 cm³/mol. The Hall–Kier alpha value is -3.66. The molecule has 3 amide bonds. The molecule has 0 radical (unpaired) electrons. The average molecular weight is 570 g/mol. The summed E-state index contributed by atoms with van der Waals surface area (Å²) < 4.78 is 10.9. The molecule has 1 saturated heterocycles. The third-order valence-corrected chi connectivity index (χ3v) is 7.78. The number of ether oxygens (including phenoxy) is 2. The van der Waals surface area contributed by atoms with E-state index in [1.807, 2.05) is 30.3 Å². The average Bonchev–Trinajstić information content (AvgIpc) is 3.65. The Morgan fingerprint density at radius 2 is 1.76 bits per heavy atom. The van der Waals surface area contributed by atoms with Crippen molar-refractivity contribution in [2.75, 3.05) is 19.8 Å². The van der Waals surface area contributed by atoms with Crippen molar-refractivity contribution in [2.45, 2.75) is 82.0 Å². The maximum Gasteiger partial charge on any atom is 0.408 e. The van der Waals surface area contributed by atoms with Crippen LogP contribution in [0.25, 0.3) is 0 Å². The Morgan fingerprint density at radius 3 is 2.41 bits per heavy atom. The number of esters is 1. The van der Waals surface area contributed by atoms with Crippen LogP contribution in [0.4, 0.5) is 4.79 Å². The highest BCUT2D eigenvalue weighted by molar-refractivity contribution is 5.87. The molecule has 0 spiro atoms. The van der Waals surface area contributed by atoms with Crippen LogP contribution in [0.3, 0.4) is 0 Å². The first-order valence-corrected chi connectivity index (χ1v) is 14.4. The number of hydrogen-bond acceptors (Lipinski definition) is 7. The maximum atomic E-state index is 13.4. The summed E-state index contributed by atoms with van der Waals surface area (Å²) in [7, 11) is 0. The molecule has 1 aliphatic carbocycles. The summed E-state index contributed by atoms with van der Waals surface area (Å²) in [4.78, 5) is 53.4. The van der Waals surface area contributed by atoms with Gasteiger partial charge in [-0.25, -0.2) is 9.59 Å². The molecule has 2 aliphatic rings. The highest BCUT2D eigenvalue weighted by atomic mass is 16.6. The lowest BCUT2D eigenvalue weighted by atomic mass is 9.94. The van der Waals surface area contributed by atoms with Crippen LogP contribution in [0.2, 0.25) is 0 Å². The third kappa shape index (κ3) is 9.45. The molecule has 41 heavy (non-hydrogen) atoms. The molecular formula is C31H43N3O7. The summed E-state index contributed by atoms with van der Waals surface area (Å²) in [6, 6.07) is 7.99. The van der Waals surface area contributed by atoms with Gasteiger partial charge in [0.2, 0.25) is 11.8 Å². The first-order chi connectivity index (χ1) is 19.8. The van der Waals surface area contributed by atoms with Gasteiger partial charge in [-0.1, -0.05) is 55.3 Å². The number of likely N-dealkylation sites (tertiary alicyclic amines) is 1. The summed E-state index contributed by atoms with van der Waals surface area (Å²) in [5, 5.41) is 15.2. The molecule has 1 saturated carbocycles. The van der Waals surface area contributed by atoms with Gasteiger partial charge in [-0.2, -0.15) is 0 Å². The molecule has 10 heteroatoms. The van der Waals surface area contributed by atoms with Crippen LogP contribution < -0.4 is 10.6 Å². The molecule has 1 aliphatic heterocycles. The van der Waals surface area contributed by atoms with Crippen LogP contribution in [-0.2, 0) is 30.5 Å². The minimum Gasteiger partial charge on any atom is -0.462 e. The molecular weight excluding hydrogens is 526 g/mol. The van der Waals surface area contributed by atoms with Crippen LogP contribution in [0, 0.1) is 5.92 Å². The molecule has 3 rings (SSSR count). The first-order valence-electron chi connectivity index (χ1n) is 14.4. The van der Waals surface area contributed by atoms with Gasteiger partial charge in [0.25, 0.3) is 0 Å². The molecule has 1 aromatic rings. The summed E-state index contributed by atoms with van der Waals surface area (Å²) in [6.45, 7) is 7.90. The lowest BCUT2D eigenvalue weighted by molar-refractivity contribution is -0.149. The number of carbonyl (C=O) groups is 4. The lowest BCUT2D eigenvalue weighted by Crippen LogP contribution is -2.53. The van der Waals surface area contributed by atoms with E-state index >= 15 is 0 Å². The van der Waals surface area contributed by atoms with E-state index in [0.29, 0.717) is 25.8 Å². The zero-order chi connectivity index (χ0) is 29.7. The number of aliphatic hydroxyl groups excluding tert-OH is 1. The summed E-state index contributed by atoms with van der Waals surface area (Å²) in [5.41, 5.74) is 0.0535. The Balaban J connectivity index is 1.57. The van der Waals surface area contributed by atoms with Gasteiger partial charge in [0, 0.05) is 13.0 Å². The second kappa shape index (κ2) is 16.0. The molecule has 224 valence electrons. The minimum absolute atomic E-state index is 0.0145. The van der Waals surface area contributed by atoms with Crippen molar-refractivity contribution in [3.05, 3.63) is 61.2 Å². The number of alkyl carbamates (subject to hydrolysis) is 1. The molecule has 10 nitrogen and oxygen atoms in total. The van der Waals surface area contributed by atoms with Gasteiger partial charge in [0.1, 0.15) is 19.3 Å². The second-order valence-electron chi connectivity index (χ2n) is 10.9.